The van der Waals surface area contributed by atoms with E-state index in [1.165, 1.54) is 6.07 Å². The van der Waals surface area contributed by atoms with E-state index in [0.717, 1.165) is 6.07 Å². The highest BCUT2D eigenvalue weighted by Crippen LogP contribution is 2.26. The summed E-state index contributed by atoms with van der Waals surface area (Å²) >= 11 is 0. The molecule has 0 aromatic carbocycles. The Morgan fingerprint density at radius 1 is 1.18 bits per heavy atom. The summed E-state index contributed by atoms with van der Waals surface area (Å²) in [6.45, 7) is 0.191. The monoisotopic (exact) mass is 245 g/mol. The van der Waals surface area contributed by atoms with E-state index in [2.05, 4.69) is 36.1 Å². The molecular formula is C7H6F3N7. The summed E-state index contributed by atoms with van der Waals surface area (Å²) in [6.07, 6.45) is -4.49. The number of nitrogens with one attached hydrogen (secondary N) is 2. The lowest BCUT2D eigenvalue weighted by Crippen LogP contribution is -2.10. The molecular weight excluding hydrogens is 239 g/mol. The first-order valence-electron chi connectivity index (χ1n) is 4.43. The molecule has 2 rings (SSSR count). The van der Waals surface area contributed by atoms with Gasteiger partial charge in [-0.2, -0.15) is 18.4 Å². The summed E-state index contributed by atoms with van der Waals surface area (Å²) in [5, 5.41) is 22.0. The Morgan fingerprint density at radius 2 is 2.00 bits per heavy atom. The molecule has 90 valence electrons. The molecule has 0 spiro atoms. The lowest BCUT2D eigenvalue weighted by atomic mass is 10.4. The summed E-state index contributed by atoms with van der Waals surface area (Å²) < 4.78 is 36.5. The molecule has 0 bridgehead atoms. The predicted octanol–water partition coefficient (Wildman–Crippen LogP) is 0.621. The van der Waals surface area contributed by atoms with Gasteiger partial charge in [-0.1, -0.05) is 5.21 Å². The first-order chi connectivity index (χ1) is 8.05. The molecule has 2 aromatic heterocycles. The summed E-state index contributed by atoms with van der Waals surface area (Å²) in [6, 6.07) is 2.02. The van der Waals surface area contributed by atoms with Crippen LogP contribution in [0.1, 0.15) is 11.5 Å². The van der Waals surface area contributed by atoms with E-state index in [4.69, 9.17) is 0 Å². The minimum absolute atomic E-state index is 0.191. The molecule has 0 aliphatic carbocycles. The van der Waals surface area contributed by atoms with Crippen molar-refractivity contribution in [3.63, 3.8) is 0 Å². The number of alkyl halides is 3. The van der Waals surface area contributed by atoms with E-state index in [1.807, 2.05) is 0 Å². The number of tetrazole rings is 1. The van der Waals surface area contributed by atoms with Crippen LogP contribution in [0.5, 0.6) is 0 Å². The molecule has 2 aromatic rings. The van der Waals surface area contributed by atoms with E-state index < -0.39 is 11.9 Å². The molecule has 0 radical (unpaired) electrons. The van der Waals surface area contributed by atoms with Crippen molar-refractivity contribution in [3.8, 4) is 0 Å². The average molecular weight is 245 g/mol. The fourth-order valence-electron chi connectivity index (χ4n) is 1.00. The number of aromatic amines is 1. The topological polar surface area (TPSA) is 92.3 Å². The molecule has 10 heteroatoms. The number of aromatic nitrogens is 6. The Balaban J connectivity index is 1.99. The molecule has 2 N–H and O–H groups in total. The standard InChI is InChI=1S/C7H6F3N7/c8-7(9,10)4-1-2-5(13-12-4)11-3-6-14-16-17-15-6/h1-2H,3H2,(H,11,13)(H,14,15,16,17). The van der Waals surface area contributed by atoms with Gasteiger partial charge in [-0.05, 0) is 12.1 Å². The van der Waals surface area contributed by atoms with Crippen LogP contribution < -0.4 is 5.32 Å². The Bertz CT molecular complexity index is 463. The highest BCUT2D eigenvalue weighted by atomic mass is 19.4. The molecule has 17 heavy (non-hydrogen) atoms. The van der Waals surface area contributed by atoms with Gasteiger partial charge in [0.15, 0.2) is 11.5 Å². The number of hydrogen-bond acceptors (Lipinski definition) is 6. The van der Waals surface area contributed by atoms with E-state index in [9.17, 15) is 13.2 Å². The van der Waals surface area contributed by atoms with Crippen molar-refractivity contribution in [1.29, 1.82) is 0 Å². The molecule has 0 saturated carbocycles. The first-order valence-corrected chi connectivity index (χ1v) is 4.43. The molecule has 0 amide bonds. The van der Waals surface area contributed by atoms with E-state index in [1.54, 1.807) is 0 Å². The highest BCUT2D eigenvalue weighted by molar-refractivity contribution is 5.33. The molecule has 0 aliphatic rings. The van der Waals surface area contributed by atoms with Crippen LogP contribution in [0, 0.1) is 0 Å². The van der Waals surface area contributed by atoms with Crippen LogP contribution in [0.15, 0.2) is 12.1 Å². The number of rotatable bonds is 3. The fourth-order valence-corrected chi connectivity index (χ4v) is 1.00. The molecule has 2 heterocycles. The van der Waals surface area contributed by atoms with Gasteiger partial charge in [0.05, 0.1) is 6.54 Å². The number of nitrogens with zero attached hydrogens (tertiary/aromatic N) is 5. The minimum atomic E-state index is -4.49. The SMILES string of the molecule is FC(F)(F)c1ccc(NCc2nn[nH]n2)nn1. The smallest absolute Gasteiger partial charge is 0.361 e. The molecule has 0 atom stereocenters. The van der Waals surface area contributed by atoms with Crippen LogP contribution in [0.2, 0.25) is 0 Å². The normalized spacial score (nSPS) is 11.5. The van der Waals surface area contributed by atoms with Crippen LogP contribution in [0.3, 0.4) is 0 Å². The third kappa shape index (κ3) is 2.86. The molecule has 7 nitrogen and oxygen atoms in total. The second kappa shape index (κ2) is 4.31. The van der Waals surface area contributed by atoms with Crippen molar-refractivity contribution >= 4 is 5.82 Å². The summed E-state index contributed by atoms with van der Waals surface area (Å²) in [7, 11) is 0. The third-order valence-electron chi connectivity index (χ3n) is 1.77. The zero-order valence-corrected chi connectivity index (χ0v) is 8.23. The zero-order valence-electron chi connectivity index (χ0n) is 8.23. The summed E-state index contributed by atoms with van der Waals surface area (Å²) in [5.74, 6) is 0.564. The predicted molar refractivity (Wildman–Crippen MR) is 48.5 cm³/mol. The van der Waals surface area contributed by atoms with Gasteiger partial charge in [0, 0.05) is 0 Å². The van der Waals surface area contributed by atoms with Gasteiger partial charge in [-0.3, -0.25) is 0 Å². The van der Waals surface area contributed by atoms with Gasteiger partial charge in [0.25, 0.3) is 0 Å². The van der Waals surface area contributed by atoms with Crippen LogP contribution in [0.25, 0.3) is 0 Å². The van der Waals surface area contributed by atoms with E-state index >= 15 is 0 Å². The van der Waals surface area contributed by atoms with E-state index in [0.29, 0.717) is 5.82 Å². The second-order valence-electron chi connectivity index (χ2n) is 2.98. The molecule has 0 saturated heterocycles. The highest BCUT2D eigenvalue weighted by Gasteiger charge is 2.32. The first kappa shape index (κ1) is 11.2. The van der Waals surface area contributed by atoms with E-state index in [-0.39, 0.29) is 12.4 Å². The quantitative estimate of drug-likeness (QED) is 0.823. The molecule has 0 unspecified atom stereocenters. The van der Waals surface area contributed by atoms with Crippen molar-refractivity contribution in [2.75, 3.05) is 5.32 Å². The fraction of sp³-hybridized carbons (Fsp3) is 0.286. The maximum absolute atomic E-state index is 12.2. The Morgan fingerprint density at radius 3 is 2.53 bits per heavy atom. The Labute approximate surface area is 92.4 Å². The minimum Gasteiger partial charge on any atom is -0.361 e. The molecule has 0 aliphatic heterocycles. The maximum Gasteiger partial charge on any atom is 0.435 e. The van der Waals surface area contributed by atoms with Crippen LogP contribution in [-0.2, 0) is 12.7 Å². The maximum atomic E-state index is 12.2. The second-order valence-corrected chi connectivity index (χ2v) is 2.98. The lowest BCUT2D eigenvalue weighted by Gasteiger charge is -2.05. The van der Waals surface area contributed by atoms with Crippen molar-refractivity contribution in [2.24, 2.45) is 0 Å². The van der Waals surface area contributed by atoms with Crippen LogP contribution in [0.4, 0.5) is 19.0 Å². The third-order valence-corrected chi connectivity index (χ3v) is 1.77. The van der Waals surface area contributed by atoms with Gasteiger partial charge in [-0.15, -0.1) is 20.4 Å². The average Bonchev–Trinajstić information content (AvgIpc) is 2.78. The van der Waals surface area contributed by atoms with Crippen LogP contribution >= 0.6 is 0 Å². The van der Waals surface area contributed by atoms with Gasteiger partial charge < -0.3 is 5.32 Å². The van der Waals surface area contributed by atoms with Gasteiger partial charge in [0.2, 0.25) is 0 Å². The van der Waals surface area contributed by atoms with Crippen molar-refractivity contribution in [2.45, 2.75) is 12.7 Å². The number of anilines is 1. The Kier molecular flexibility index (Phi) is 2.85. The van der Waals surface area contributed by atoms with Gasteiger partial charge in [0.1, 0.15) is 5.82 Å². The summed E-state index contributed by atoms with van der Waals surface area (Å²) in [5.41, 5.74) is -1.04. The van der Waals surface area contributed by atoms with Crippen molar-refractivity contribution < 1.29 is 13.2 Å². The number of H-pyrrole nitrogens is 1. The Hall–Kier alpha value is -2.26. The van der Waals surface area contributed by atoms with Gasteiger partial charge >= 0.3 is 6.18 Å². The lowest BCUT2D eigenvalue weighted by molar-refractivity contribution is -0.141. The van der Waals surface area contributed by atoms with Gasteiger partial charge in [-0.25, -0.2) is 0 Å². The molecule has 0 fully saturated rings. The van der Waals surface area contributed by atoms with Crippen molar-refractivity contribution in [3.05, 3.63) is 23.7 Å². The zero-order chi connectivity index (χ0) is 12.3. The van der Waals surface area contributed by atoms with Crippen molar-refractivity contribution in [1.82, 2.24) is 30.8 Å². The van der Waals surface area contributed by atoms with Crippen LogP contribution in [-0.4, -0.2) is 30.8 Å². The summed E-state index contributed by atoms with van der Waals surface area (Å²) in [4.78, 5) is 0. The largest absolute Gasteiger partial charge is 0.435 e. The number of hydrogen-bond donors (Lipinski definition) is 2. The number of halogens is 3.